The van der Waals surface area contributed by atoms with Crippen LogP contribution in [0.1, 0.15) is 24.1 Å². The highest BCUT2D eigenvalue weighted by Gasteiger charge is 2.44. The number of nitrogens with two attached hydrogens (primary N) is 1. The van der Waals surface area contributed by atoms with Gasteiger partial charge in [-0.05, 0) is 49.6 Å². The molecule has 2 aromatic heterocycles. The molecule has 4 aromatic rings. The van der Waals surface area contributed by atoms with Crippen LogP contribution in [0.3, 0.4) is 0 Å². The van der Waals surface area contributed by atoms with Gasteiger partial charge >= 0.3 is 6.03 Å². The highest BCUT2D eigenvalue weighted by atomic mass is 32.1. The van der Waals surface area contributed by atoms with Crippen LogP contribution in [-0.2, 0) is 4.74 Å². The van der Waals surface area contributed by atoms with Crippen LogP contribution in [0, 0.1) is 18.3 Å². The lowest BCUT2D eigenvalue weighted by Gasteiger charge is -2.50. The minimum absolute atomic E-state index is 0.251. The second kappa shape index (κ2) is 9.67. The number of ether oxygens (including phenoxy) is 1. The van der Waals surface area contributed by atoms with Gasteiger partial charge in [-0.15, -0.1) is 0 Å². The molecule has 38 heavy (non-hydrogen) atoms. The molecule has 192 valence electrons. The van der Waals surface area contributed by atoms with E-state index in [2.05, 4.69) is 33.1 Å². The number of nitrogens with zero attached hydrogens (tertiary/aromatic N) is 6. The fraction of sp³-hybridized carbons (Fsp3) is 0.321. The monoisotopic (exact) mass is 525 g/mol. The number of primary amides is 1. The number of hydrogen-bond donors (Lipinski definition) is 1. The lowest BCUT2D eigenvalue weighted by Crippen LogP contribution is -2.62. The van der Waals surface area contributed by atoms with Crippen LogP contribution in [0.4, 0.5) is 9.93 Å². The Morgan fingerprint density at radius 1 is 1.13 bits per heavy atom. The van der Waals surface area contributed by atoms with E-state index in [9.17, 15) is 10.1 Å². The first kappa shape index (κ1) is 24.3. The van der Waals surface area contributed by atoms with Gasteiger partial charge in [-0.1, -0.05) is 29.5 Å². The maximum absolute atomic E-state index is 11.8. The number of fused-ring (bicyclic) bond motifs is 1. The first-order chi connectivity index (χ1) is 18.5. The van der Waals surface area contributed by atoms with E-state index in [0.717, 1.165) is 56.3 Å². The van der Waals surface area contributed by atoms with Gasteiger partial charge in [0.2, 0.25) is 0 Å². The third-order valence-corrected chi connectivity index (χ3v) is 8.74. The number of carbonyl (C=O) groups excluding carboxylic acids is 1. The van der Waals surface area contributed by atoms with Crippen molar-refractivity contribution in [2.75, 3.05) is 37.7 Å². The quantitative estimate of drug-likeness (QED) is 0.422. The van der Waals surface area contributed by atoms with Crippen LogP contribution in [0.25, 0.3) is 32.6 Å². The second-order valence-electron chi connectivity index (χ2n) is 9.81. The number of hydrogen-bond acceptors (Lipinski definition) is 8. The smallest absolute Gasteiger partial charge is 0.314 e. The second-order valence-corrected chi connectivity index (χ2v) is 10.8. The third-order valence-electron chi connectivity index (χ3n) is 7.62. The van der Waals surface area contributed by atoms with Gasteiger partial charge in [0.05, 0.1) is 46.5 Å². The lowest BCUT2D eigenvalue weighted by molar-refractivity contribution is 0.0226. The summed E-state index contributed by atoms with van der Waals surface area (Å²) in [7, 11) is 0. The molecular weight excluding hydrogens is 498 g/mol. The van der Waals surface area contributed by atoms with Crippen LogP contribution in [0.15, 0.2) is 48.8 Å². The van der Waals surface area contributed by atoms with E-state index in [4.69, 9.17) is 15.5 Å². The molecule has 0 unspecified atom stereocenters. The van der Waals surface area contributed by atoms with Crippen LogP contribution in [0.2, 0.25) is 0 Å². The van der Waals surface area contributed by atoms with Gasteiger partial charge in [-0.3, -0.25) is 0 Å². The Labute approximate surface area is 224 Å². The van der Waals surface area contributed by atoms with E-state index in [1.54, 1.807) is 28.6 Å². The van der Waals surface area contributed by atoms with Gasteiger partial charge in [0.1, 0.15) is 6.33 Å². The number of likely N-dealkylation sites (tertiary alicyclic amines) is 1. The fourth-order valence-electron chi connectivity index (χ4n) is 5.47. The number of benzene rings is 2. The number of thiazole rings is 1. The van der Waals surface area contributed by atoms with Crippen molar-refractivity contribution in [1.82, 2.24) is 19.9 Å². The lowest BCUT2D eigenvalue weighted by atomic mass is 9.86. The Balaban J connectivity index is 1.47. The zero-order chi connectivity index (χ0) is 26.3. The zero-order valence-corrected chi connectivity index (χ0v) is 21.9. The van der Waals surface area contributed by atoms with E-state index in [0.29, 0.717) is 38.4 Å². The highest BCUT2D eigenvalue weighted by molar-refractivity contribution is 7.19. The molecule has 2 fully saturated rings. The van der Waals surface area contributed by atoms with Crippen molar-refractivity contribution in [2.45, 2.75) is 25.3 Å². The summed E-state index contributed by atoms with van der Waals surface area (Å²) in [6.45, 7) is 5.08. The van der Waals surface area contributed by atoms with Gasteiger partial charge in [-0.2, -0.15) is 5.26 Å². The number of aryl methyl sites for hydroxylation is 1. The molecule has 0 atom stereocenters. The molecule has 4 heterocycles. The Morgan fingerprint density at radius 2 is 1.97 bits per heavy atom. The van der Waals surface area contributed by atoms with Crippen molar-refractivity contribution in [3.63, 3.8) is 0 Å². The van der Waals surface area contributed by atoms with E-state index in [-0.39, 0.29) is 11.6 Å². The van der Waals surface area contributed by atoms with Crippen molar-refractivity contribution in [2.24, 2.45) is 5.73 Å². The molecule has 2 aromatic carbocycles. The van der Waals surface area contributed by atoms with Crippen LogP contribution in [-0.4, -0.2) is 64.3 Å². The van der Waals surface area contributed by atoms with Crippen molar-refractivity contribution >= 4 is 33.4 Å². The number of anilines is 1. The number of morpholine rings is 1. The average molecular weight is 526 g/mol. The Hall–Kier alpha value is -4.07. The maximum atomic E-state index is 11.8. The molecule has 10 heteroatoms. The highest BCUT2D eigenvalue weighted by Crippen LogP contribution is 2.45. The molecule has 2 N–H and O–H groups in total. The number of piperidine rings is 1. The topological polar surface area (TPSA) is 121 Å². The third kappa shape index (κ3) is 4.23. The Bertz CT molecular complexity index is 1570. The number of rotatable bonds is 3. The molecular formula is C28H27N7O2S. The molecule has 2 amide bonds. The van der Waals surface area contributed by atoms with Crippen LogP contribution in [0.5, 0.6) is 0 Å². The largest absolute Gasteiger partial charge is 0.377 e. The molecule has 0 radical (unpaired) electrons. The van der Waals surface area contributed by atoms with Crippen molar-refractivity contribution in [3.8, 4) is 27.8 Å². The number of urea groups is 1. The van der Waals surface area contributed by atoms with E-state index < -0.39 is 0 Å². The summed E-state index contributed by atoms with van der Waals surface area (Å²) in [5.41, 5.74) is 10.5. The Morgan fingerprint density at radius 3 is 2.76 bits per heavy atom. The van der Waals surface area contributed by atoms with Crippen molar-refractivity contribution in [1.29, 1.82) is 5.26 Å². The number of amides is 2. The van der Waals surface area contributed by atoms with E-state index in [1.165, 1.54) is 0 Å². The van der Waals surface area contributed by atoms with Gasteiger partial charge in [0.15, 0.2) is 5.13 Å². The summed E-state index contributed by atoms with van der Waals surface area (Å²) in [6, 6.07) is 15.7. The van der Waals surface area contributed by atoms with Crippen LogP contribution >= 0.6 is 11.3 Å². The molecule has 2 saturated heterocycles. The fourth-order valence-corrected chi connectivity index (χ4v) is 6.69. The molecule has 2 aliphatic rings. The Kier molecular flexibility index (Phi) is 6.18. The number of nitriles is 1. The predicted octanol–water partition coefficient (Wildman–Crippen LogP) is 4.35. The molecule has 0 bridgehead atoms. The minimum atomic E-state index is -0.380. The van der Waals surface area contributed by atoms with Gasteiger partial charge < -0.3 is 20.3 Å². The first-order valence-corrected chi connectivity index (χ1v) is 13.4. The molecule has 2 aliphatic heterocycles. The number of aromatic nitrogens is 3. The summed E-state index contributed by atoms with van der Waals surface area (Å²) >= 11 is 1.65. The number of carbonyl (C=O) groups is 1. The predicted molar refractivity (Wildman–Crippen MR) is 147 cm³/mol. The molecule has 9 nitrogen and oxygen atoms in total. The van der Waals surface area contributed by atoms with Crippen molar-refractivity contribution < 1.29 is 9.53 Å². The summed E-state index contributed by atoms with van der Waals surface area (Å²) in [5, 5.41) is 11.4. The summed E-state index contributed by atoms with van der Waals surface area (Å²) in [5.74, 6) is 0. The minimum Gasteiger partial charge on any atom is -0.377 e. The first-order valence-electron chi connectivity index (χ1n) is 12.6. The zero-order valence-electron chi connectivity index (χ0n) is 21.1. The average Bonchev–Trinajstić information content (AvgIpc) is 3.39. The van der Waals surface area contributed by atoms with Gasteiger partial charge in [0, 0.05) is 36.3 Å². The molecule has 6 rings (SSSR count). The van der Waals surface area contributed by atoms with Gasteiger partial charge in [-0.25, -0.2) is 19.7 Å². The van der Waals surface area contributed by atoms with Gasteiger partial charge in [0.25, 0.3) is 0 Å². The van der Waals surface area contributed by atoms with Crippen LogP contribution < -0.4 is 10.6 Å². The molecule has 1 spiro atoms. The normalized spacial score (nSPS) is 17.1. The molecule has 0 aliphatic carbocycles. The van der Waals surface area contributed by atoms with Crippen molar-refractivity contribution in [3.05, 3.63) is 60.0 Å². The SMILES string of the molecule is Cc1ncnc2ccc(-c3sc(N4CCOCC45CCN(C(N)=O)CC5)nc3-c3cccc(C#N)c3)cc12. The van der Waals surface area contributed by atoms with E-state index in [1.807, 2.05) is 31.2 Å². The summed E-state index contributed by atoms with van der Waals surface area (Å²) in [6.07, 6.45) is 3.11. The summed E-state index contributed by atoms with van der Waals surface area (Å²) < 4.78 is 5.96. The maximum Gasteiger partial charge on any atom is 0.314 e. The van der Waals surface area contributed by atoms with E-state index >= 15 is 0 Å². The standard InChI is InChI=1S/C28H27N7O2S/c1-18-22-14-21(5-6-23(22)32-17-31-18)25-24(20-4-2-3-19(13-20)15-29)33-27(38-25)35-11-12-37-16-28(35)7-9-34(10-8-28)26(30)36/h2-6,13-14,17H,7-12,16H2,1H3,(H2,30,36). The molecule has 0 saturated carbocycles. The summed E-state index contributed by atoms with van der Waals surface area (Å²) in [4.78, 5) is 30.9.